The first kappa shape index (κ1) is 5.72. The monoisotopic (exact) mass is 129 g/mol. The maximum absolute atomic E-state index is 8.82. The molecule has 0 aliphatic carbocycles. The van der Waals surface area contributed by atoms with E-state index in [4.69, 9.17) is 17.4 Å². The van der Waals surface area contributed by atoms with Crippen molar-refractivity contribution in [1.82, 2.24) is 5.06 Å². The summed E-state index contributed by atoms with van der Waals surface area (Å²) in [6, 6.07) is 0. The molecule has 0 fully saturated rings. The minimum Gasteiger partial charge on any atom is -0.288 e. The van der Waals surface area contributed by atoms with Gasteiger partial charge in [0.15, 0.2) is 0 Å². The third-order valence-corrected chi connectivity index (χ3v) is 1.40. The average Bonchev–Trinajstić information content (AvgIpc) is 1.77. The number of hydrogen-bond donors (Lipinski definition) is 1. The fraction of sp³-hybridized carbons (Fsp3) is 0.400. The Morgan fingerprint density at radius 1 is 1.62 bits per heavy atom. The lowest BCUT2D eigenvalue weighted by molar-refractivity contribution is -0.00311. The molecule has 0 spiro atoms. The third kappa shape index (κ3) is 1.05. The second kappa shape index (κ2) is 2.24. The lowest BCUT2D eigenvalue weighted by atomic mass is 10.3. The van der Waals surface area contributed by atoms with E-state index < -0.39 is 0 Å². The molecule has 1 heterocycles. The van der Waals surface area contributed by atoms with E-state index in [1.54, 1.807) is 0 Å². The van der Waals surface area contributed by atoms with Gasteiger partial charge in [-0.25, -0.2) is 5.06 Å². The first-order chi connectivity index (χ1) is 3.80. The van der Waals surface area contributed by atoms with Gasteiger partial charge in [-0.1, -0.05) is 24.4 Å². The molecule has 0 aromatic carbocycles. The summed E-state index contributed by atoms with van der Waals surface area (Å²) in [5.74, 6) is 0. The van der Waals surface area contributed by atoms with Crippen molar-refractivity contribution in [2.24, 2.45) is 0 Å². The molecule has 0 saturated carbocycles. The van der Waals surface area contributed by atoms with E-state index >= 15 is 0 Å². The van der Waals surface area contributed by atoms with Crippen LogP contribution in [0.1, 0.15) is 6.42 Å². The normalized spacial score (nSPS) is 19.6. The summed E-state index contributed by atoms with van der Waals surface area (Å²) in [7, 11) is 0. The highest BCUT2D eigenvalue weighted by Crippen LogP contribution is 2.00. The van der Waals surface area contributed by atoms with E-state index in [0.717, 1.165) is 5.06 Å². The molecule has 0 radical (unpaired) electrons. The maximum Gasteiger partial charge on any atom is 0.107 e. The van der Waals surface area contributed by atoms with Crippen LogP contribution in [0.2, 0.25) is 0 Å². The Bertz CT molecular complexity index is 132. The van der Waals surface area contributed by atoms with E-state index in [2.05, 4.69) is 0 Å². The molecule has 0 amide bonds. The van der Waals surface area contributed by atoms with E-state index in [0.29, 0.717) is 18.0 Å². The van der Waals surface area contributed by atoms with Crippen LogP contribution in [0.3, 0.4) is 0 Å². The second-order valence-corrected chi connectivity index (χ2v) is 2.12. The van der Waals surface area contributed by atoms with Crippen LogP contribution in [-0.2, 0) is 0 Å². The summed E-state index contributed by atoms with van der Waals surface area (Å²) < 4.78 is 0. The SMILES string of the molecule is ON1CC=CCC1=S. The third-order valence-electron chi connectivity index (χ3n) is 1.03. The minimum absolute atomic E-state index is 0.541. The fourth-order valence-electron chi connectivity index (χ4n) is 0.566. The summed E-state index contributed by atoms with van der Waals surface area (Å²) in [5, 5.41) is 9.90. The number of thiocarbonyl (C=S) groups is 1. The van der Waals surface area contributed by atoms with Gasteiger partial charge in [-0.2, -0.15) is 0 Å². The molecule has 1 aliphatic rings. The van der Waals surface area contributed by atoms with Gasteiger partial charge in [0.25, 0.3) is 0 Å². The molecule has 0 aromatic rings. The van der Waals surface area contributed by atoms with Gasteiger partial charge < -0.3 is 0 Å². The Hall–Kier alpha value is -0.410. The molecule has 0 aromatic heterocycles. The Morgan fingerprint density at radius 3 is 2.75 bits per heavy atom. The Kier molecular flexibility index (Phi) is 1.60. The van der Waals surface area contributed by atoms with Crippen molar-refractivity contribution < 1.29 is 5.21 Å². The average molecular weight is 129 g/mol. The first-order valence-corrected chi connectivity index (χ1v) is 2.86. The van der Waals surface area contributed by atoms with Crippen LogP contribution in [0.4, 0.5) is 0 Å². The second-order valence-electron chi connectivity index (χ2n) is 1.65. The molecule has 8 heavy (non-hydrogen) atoms. The maximum atomic E-state index is 8.82. The summed E-state index contributed by atoms with van der Waals surface area (Å²) in [5.41, 5.74) is 0. The van der Waals surface area contributed by atoms with E-state index in [1.165, 1.54) is 0 Å². The van der Waals surface area contributed by atoms with Crippen LogP contribution < -0.4 is 0 Å². The van der Waals surface area contributed by atoms with Crippen molar-refractivity contribution in [3.8, 4) is 0 Å². The fourth-order valence-corrected chi connectivity index (χ4v) is 0.736. The molecule has 44 valence electrons. The van der Waals surface area contributed by atoms with Crippen LogP contribution in [0.15, 0.2) is 12.2 Å². The van der Waals surface area contributed by atoms with Crippen LogP contribution in [0.25, 0.3) is 0 Å². The zero-order valence-corrected chi connectivity index (χ0v) is 5.19. The standard InChI is InChI=1S/C5H7NOS/c7-6-4-2-1-3-5(6)8/h1-2,7H,3-4H2. The minimum atomic E-state index is 0.541. The zero-order chi connectivity index (χ0) is 5.98. The van der Waals surface area contributed by atoms with E-state index in [1.807, 2.05) is 12.2 Å². The summed E-state index contributed by atoms with van der Waals surface area (Å²) in [6.07, 6.45) is 4.54. The molecule has 0 atom stereocenters. The quantitative estimate of drug-likeness (QED) is 0.389. The lowest BCUT2D eigenvalue weighted by Crippen LogP contribution is -2.27. The smallest absolute Gasteiger partial charge is 0.107 e. The van der Waals surface area contributed by atoms with Crippen LogP contribution in [0.5, 0.6) is 0 Å². The van der Waals surface area contributed by atoms with Crippen molar-refractivity contribution in [3.63, 3.8) is 0 Å². The van der Waals surface area contributed by atoms with Gasteiger partial charge in [0, 0.05) is 6.42 Å². The molecular formula is C5H7NOS. The van der Waals surface area contributed by atoms with Gasteiger partial charge in [-0.15, -0.1) is 0 Å². The number of nitrogens with zero attached hydrogens (tertiary/aromatic N) is 1. The van der Waals surface area contributed by atoms with Crippen LogP contribution in [0, 0.1) is 0 Å². The van der Waals surface area contributed by atoms with Crippen molar-refractivity contribution in [1.29, 1.82) is 0 Å². The Morgan fingerprint density at radius 2 is 2.38 bits per heavy atom. The highest BCUT2D eigenvalue weighted by molar-refractivity contribution is 7.80. The lowest BCUT2D eigenvalue weighted by Gasteiger charge is -2.17. The highest BCUT2D eigenvalue weighted by Gasteiger charge is 2.05. The van der Waals surface area contributed by atoms with Gasteiger partial charge >= 0.3 is 0 Å². The summed E-state index contributed by atoms with van der Waals surface area (Å²) in [4.78, 5) is 0.604. The van der Waals surface area contributed by atoms with Crippen LogP contribution >= 0.6 is 12.2 Å². The number of hydroxylamine groups is 2. The highest BCUT2D eigenvalue weighted by atomic mass is 32.1. The van der Waals surface area contributed by atoms with Gasteiger partial charge in [-0.3, -0.25) is 5.21 Å². The largest absolute Gasteiger partial charge is 0.288 e. The molecule has 1 rings (SSSR count). The summed E-state index contributed by atoms with van der Waals surface area (Å²) in [6.45, 7) is 0.541. The molecule has 0 saturated heterocycles. The van der Waals surface area contributed by atoms with Gasteiger partial charge in [0.1, 0.15) is 4.99 Å². The van der Waals surface area contributed by atoms with Crippen molar-refractivity contribution in [3.05, 3.63) is 12.2 Å². The predicted molar refractivity (Wildman–Crippen MR) is 34.8 cm³/mol. The van der Waals surface area contributed by atoms with E-state index in [9.17, 15) is 0 Å². The van der Waals surface area contributed by atoms with Gasteiger partial charge in [0.05, 0.1) is 6.54 Å². The Labute approximate surface area is 53.4 Å². The molecule has 0 unspecified atom stereocenters. The molecular weight excluding hydrogens is 122 g/mol. The Balaban J connectivity index is 2.57. The molecule has 1 aliphatic heterocycles. The van der Waals surface area contributed by atoms with Crippen molar-refractivity contribution in [2.75, 3.05) is 6.54 Å². The molecule has 3 heteroatoms. The first-order valence-electron chi connectivity index (χ1n) is 2.45. The summed E-state index contributed by atoms with van der Waals surface area (Å²) >= 11 is 4.75. The molecule has 1 N–H and O–H groups in total. The topological polar surface area (TPSA) is 23.5 Å². The van der Waals surface area contributed by atoms with Gasteiger partial charge in [0.2, 0.25) is 0 Å². The van der Waals surface area contributed by atoms with Gasteiger partial charge in [-0.05, 0) is 0 Å². The molecule has 0 bridgehead atoms. The van der Waals surface area contributed by atoms with Crippen LogP contribution in [-0.4, -0.2) is 21.8 Å². The zero-order valence-electron chi connectivity index (χ0n) is 4.37. The number of rotatable bonds is 0. The number of hydrogen-bond acceptors (Lipinski definition) is 2. The van der Waals surface area contributed by atoms with E-state index in [-0.39, 0.29) is 0 Å². The van der Waals surface area contributed by atoms with Crippen molar-refractivity contribution >= 4 is 17.2 Å². The van der Waals surface area contributed by atoms with Crippen molar-refractivity contribution in [2.45, 2.75) is 6.42 Å². The molecule has 2 nitrogen and oxygen atoms in total. The predicted octanol–water partition coefficient (Wildman–Crippen LogP) is 0.965.